The van der Waals surface area contributed by atoms with Crippen molar-refractivity contribution in [1.82, 2.24) is 19.0 Å². The molecule has 0 aliphatic carbocycles. The van der Waals surface area contributed by atoms with Gasteiger partial charge in [-0.3, -0.25) is 14.5 Å². The maximum absolute atomic E-state index is 12.6. The first-order chi connectivity index (χ1) is 11.5. The maximum atomic E-state index is 12.6. The third kappa shape index (κ3) is 4.71. The van der Waals surface area contributed by atoms with Crippen LogP contribution < -0.4 is 0 Å². The highest BCUT2D eigenvalue weighted by Crippen LogP contribution is 2.32. The van der Waals surface area contributed by atoms with E-state index < -0.39 is 10.0 Å². The van der Waals surface area contributed by atoms with Crippen molar-refractivity contribution in [3.8, 4) is 0 Å². The Kier molecular flexibility index (Phi) is 6.11. The van der Waals surface area contributed by atoms with Gasteiger partial charge in [0.1, 0.15) is 0 Å². The number of hydrogen-bond donors (Lipinski definition) is 0. The SMILES string of the molecule is CN1CC[C@]2(CCC1=O)CN(C(=O)CCN(C)S(C)(=O)=O)CCN2C. The van der Waals surface area contributed by atoms with Crippen molar-refractivity contribution in [2.45, 2.75) is 31.2 Å². The monoisotopic (exact) mass is 374 g/mol. The Morgan fingerprint density at radius 2 is 1.88 bits per heavy atom. The molecule has 0 N–H and O–H groups in total. The largest absolute Gasteiger partial charge is 0.346 e. The van der Waals surface area contributed by atoms with Crippen molar-refractivity contribution in [3.05, 3.63) is 0 Å². The number of sulfonamides is 1. The van der Waals surface area contributed by atoms with E-state index in [0.29, 0.717) is 26.1 Å². The number of carbonyl (C=O) groups is 2. The predicted octanol–water partition coefficient (Wildman–Crippen LogP) is -0.577. The van der Waals surface area contributed by atoms with Crippen LogP contribution in [0.2, 0.25) is 0 Å². The van der Waals surface area contributed by atoms with E-state index >= 15 is 0 Å². The number of likely N-dealkylation sites (N-methyl/N-ethyl adjacent to an activating group) is 1. The van der Waals surface area contributed by atoms with Crippen molar-refractivity contribution in [3.63, 3.8) is 0 Å². The molecule has 1 spiro atoms. The van der Waals surface area contributed by atoms with Crippen LogP contribution in [-0.4, -0.2) is 105 Å². The highest BCUT2D eigenvalue weighted by atomic mass is 32.2. The van der Waals surface area contributed by atoms with E-state index in [4.69, 9.17) is 0 Å². The first kappa shape index (κ1) is 20.1. The minimum absolute atomic E-state index is 0.0214. The van der Waals surface area contributed by atoms with E-state index in [9.17, 15) is 18.0 Å². The van der Waals surface area contributed by atoms with Gasteiger partial charge in [0.15, 0.2) is 0 Å². The highest BCUT2D eigenvalue weighted by molar-refractivity contribution is 7.88. The van der Waals surface area contributed by atoms with E-state index in [-0.39, 0.29) is 30.3 Å². The Labute approximate surface area is 150 Å². The van der Waals surface area contributed by atoms with Gasteiger partial charge in [0.2, 0.25) is 21.8 Å². The molecule has 0 bridgehead atoms. The summed E-state index contributed by atoms with van der Waals surface area (Å²) in [5, 5.41) is 0. The van der Waals surface area contributed by atoms with Gasteiger partial charge in [-0.1, -0.05) is 0 Å². The fourth-order valence-electron chi connectivity index (χ4n) is 3.55. The number of piperazine rings is 1. The van der Waals surface area contributed by atoms with Gasteiger partial charge in [-0.25, -0.2) is 12.7 Å². The Morgan fingerprint density at radius 1 is 1.20 bits per heavy atom. The van der Waals surface area contributed by atoms with Crippen molar-refractivity contribution >= 4 is 21.8 Å². The summed E-state index contributed by atoms with van der Waals surface area (Å²) in [4.78, 5) is 30.5. The molecule has 2 saturated heterocycles. The van der Waals surface area contributed by atoms with Crippen LogP contribution in [0.3, 0.4) is 0 Å². The lowest BCUT2D eigenvalue weighted by Gasteiger charge is -2.49. The second-order valence-corrected chi connectivity index (χ2v) is 9.45. The zero-order valence-corrected chi connectivity index (χ0v) is 16.5. The van der Waals surface area contributed by atoms with Crippen LogP contribution in [0.25, 0.3) is 0 Å². The van der Waals surface area contributed by atoms with E-state index in [0.717, 1.165) is 25.6 Å². The molecular formula is C16H30N4O4S. The van der Waals surface area contributed by atoms with Crippen LogP contribution in [0, 0.1) is 0 Å². The average Bonchev–Trinajstić information content (AvgIpc) is 2.68. The number of likely N-dealkylation sites (tertiary alicyclic amines) is 1. The van der Waals surface area contributed by atoms with Crippen LogP contribution in [-0.2, 0) is 19.6 Å². The molecule has 2 aliphatic heterocycles. The summed E-state index contributed by atoms with van der Waals surface area (Å²) in [5.74, 6) is 0.135. The summed E-state index contributed by atoms with van der Waals surface area (Å²) in [6.07, 6.45) is 3.42. The Hall–Kier alpha value is -1.19. The summed E-state index contributed by atoms with van der Waals surface area (Å²) < 4.78 is 24.1. The Balaban J connectivity index is 2.01. The minimum atomic E-state index is -3.27. The molecule has 1 atom stereocenters. The van der Waals surface area contributed by atoms with Gasteiger partial charge in [-0.2, -0.15) is 0 Å². The zero-order chi connectivity index (χ0) is 18.8. The summed E-state index contributed by atoms with van der Waals surface area (Å²) in [6.45, 7) is 2.90. The molecule has 2 aliphatic rings. The van der Waals surface area contributed by atoms with Gasteiger partial charge < -0.3 is 9.80 Å². The van der Waals surface area contributed by atoms with Crippen LogP contribution in [0.5, 0.6) is 0 Å². The number of hydrogen-bond acceptors (Lipinski definition) is 5. The maximum Gasteiger partial charge on any atom is 0.224 e. The zero-order valence-electron chi connectivity index (χ0n) is 15.7. The lowest BCUT2D eigenvalue weighted by molar-refractivity contribution is -0.137. The average molecular weight is 375 g/mol. The summed E-state index contributed by atoms with van der Waals surface area (Å²) in [5.41, 5.74) is -0.170. The van der Waals surface area contributed by atoms with Gasteiger partial charge in [0.25, 0.3) is 0 Å². The standard InChI is InChI=1S/C16H30N4O4S/c1-17-10-8-16(7-5-14(17)21)13-20(12-11-18(16)2)15(22)6-9-19(3)25(4,23)24/h5-13H2,1-4H3/t16-/m1/s1. The molecule has 0 aromatic heterocycles. The molecule has 9 heteroatoms. The molecule has 0 radical (unpaired) electrons. The summed E-state index contributed by atoms with van der Waals surface area (Å²) in [7, 11) is 2.11. The van der Waals surface area contributed by atoms with E-state index in [1.165, 1.54) is 11.4 Å². The third-order valence-electron chi connectivity index (χ3n) is 5.70. The summed E-state index contributed by atoms with van der Waals surface area (Å²) in [6, 6.07) is 0. The van der Waals surface area contributed by atoms with Gasteiger partial charge in [0, 0.05) is 65.2 Å². The van der Waals surface area contributed by atoms with Crippen LogP contribution in [0.15, 0.2) is 0 Å². The molecule has 2 fully saturated rings. The molecule has 0 aromatic carbocycles. The summed E-state index contributed by atoms with van der Waals surface area (Å²) >= 11 is 0. The number of nitrogens with zero attached hydrogens (tertiary/aromatic N) is 4. The molecule has 25 heavy (non-hydrogen) atoms. The second-order valence-electron chi connectivity index (χ2n) is 7.36. The van der Waals surface area contributed by atoms with E-state index in [1.54, 1.807) is 4.90 Å². The van der Waals surface area contributed by atoms with Gasteiger partial charge >= 0.3 is 0 Å². The molecule has 0 unspecified atom stereocenters. The molecule has 2 amide bonds. The molecule has 0 aromatic rings. The fourth-order valence-corrected chi connectivity index (χ4v) is 3.97. The molecule has 2 heterocycles. The van der Waals surface area contributed by atoms with Crippen molar-refractivity contribution in [2.24, 2.45) is 0 Å². The van der Waals surface area contributed by atoms with E-state index in [1.807, 2.05) is 11.9 Å². The normalized spacial score (nSPS) is 26.4. The van der Waals surface area contributed by atoms with Crippen molar-refractivity contribution in [1.29, 1.82) is 0 Å². The lowest BCUT2D eigenvalue weighted by atomic mass is 9.86. The van der Waals surface area contributed by atoms with Crippen LogP contribution in [0.1, 0.15) is 25.7 Å². The lowest BCUT2D eigenvalue weighted by Crippen LogP contribution is -2.62. The minimum Gasteiger partial charge on any atom is -0.346 e. The molecule has 2 rings (SSSR count). The van der Waals surface area contributed by atoms with Crippen molar-refractivity contribution in [2.75, 3.05) is 60.1 Å². The molecule has 0 saturated carbocycles. The van der Waals surface area contributed by atoms with Crippen molar-refractivity contribution < 1.29 is 18.0 Å². The first-order valence-electron chi connectivity index (χ1n) is 8.69. The fraction of sp³-hybridized carbons (Fsp3) is 0.875. The predicted molar refractivity (Wildman–Crippen MR) is 95.5 cm³/mol. The topological polar surface area (TPSA) is 81.2 Å². The number of carbonyl (C=O) groups excluding carboxylic acids is 2. The molecule has 8 nitrogen and oxygen atoms in total. The number of amides is 2. The first-order valence-corrected chi connectivity index (χ1v) is 10.5. The molecule has 144 valence electrons. The molecular weight excluding hydrogens is 344 g/mol. The van der Waals surface area contributed by atoms with Gasteiger partial charge in [-0.05, 0) is 19.9 Å². The second kappa shape index (κ2) is 7.59. The Bertz CT molecular complexity index is 624. The number of rotatable bonds is 4. The van der Waals surface area contributed by atoms with Crippen LogP contribution >= 0.6 is 0 Å². The Morgan fingerprint density at radius 3 is 2.52 bits per heavy atom. The van der Waals surface area contributed by atoms with Gasteiger partial charge in [-0.15, -0.1) is 0 Å². The smallest absolute Gasteiger partial charge is 0.224 e. The highest BCUT2D eigenvalue weighted by Gasteiger charge is 2.42. The van der Waals surface area contributed by atoms with E-state index in [2.05, 4.69) is 11.9 Å². The third-order valence-corrected chi connectivity index (χ3v) is 7.02. The quantitative estimate of drug-likeness (QED) is 0.658. The van der Waals surface area contributed by atoms with Gasteiger partial charge in [0.05, 0.1) is 6.26 Å². The van der Waals surface area contributed by atoms with Crippen LogP contribution in [0.4, 0.5) is 0 Å².